The maximum absolute atomic E-state index is 13.7. The van der Waals surface area contributed by atoms with E-state index >= 15 is 0 Å². The number of nitrogens with one attached hydrogen (secondary N) is 1. The lowest BCUT2D eigenvalue weighted by Gasteiger charge is -2.32. The summed E-state index contributed by atoms with van der Waals surface area (Å²) < 4.78 is 13.7. The maximum atomic E-state index is 13.7. The zero-order chi connectivity index (χ0) is 24.3. The Morgan fingerprint density at radius 2 is 1.71 bits per heavy atom. The predicted molar refractivity (Wildman–Crippen MR) is 128 cm³/mol. The average Bonchev–Trinajstić information content (AvgIpc) is 2.83. The van der Waals surface area contributed by atoms with E-state index in [0.29, 0.717) is 51.0 Å². The average molecular weight is 469 g/mol. The third kappa shape index (κ3) is 7.95. The number of carbonyl (C=O) groups excluding carboxylic acids is 3. The first-order valence-corrected chi connectivity index (χ1v) is 11.8. The molecule has 1 heterocycles. The van der Waals surface area contributed by atoms with Gasteiger partial charge in [0.1, 0.15) is 5.82 Å². The molecule has 3 N–H and O–H groups in total. The van der Waals surface area contributed by atoms with Gasteiger partial charge >= 0.3 is 0 Å². The van der Waals surface area contributed by atoms with Crippen LogP contribution in [0.4, 0.5) is 4.39 Å². The van der Waals surface area contributed by atoms with Gasteiger partial charge in [-0.1, -0.05) is 48.5 Å². The van der Waals surface area contributed by atoms with E-state index < -0.39 is 5.91 Å². The van der Waals surface area contributed by atoms with Crippen molar-refractivity contribution in [3.05, 3.63) is 71.5 Å². The molecule has 0 radical (unpaired) electrons. The predicted octanol–water partition coefficient (Wildman–Crippen LogP) is 2.10. The Morgan fingerprint density at radius 1 is 1.03 bits per heavy atom. The van der Waals surface area contributed by atoms with Crippen LogP contribution in [0.1, 0.15) is 30.4 Å². The van der Waals surface area contributed by atoms with Crippen molar-refractivity contribution in [1.82, 2.24) is 15.1 Å². The van der Waals surface area contributed by atoms with E-state index in [9.17, 15) is 18.8 Å². The maximum Gasteiger partial charge on any atom is 0.237 e. The van der Waals surface area contributed by atoms with Gasteiger partial charge < -0.3 is 16.0 Å². The summed E-state index contributed by atoms with van der Waals surface area (Å²) in [4.78, 5) is 40.5. The minimum atomic E-state index is -0.437. The summed E-state index contributed by atoms with van der Waals surface area (Å²) in [7, 11) is 0. The summed E-state index contributed by atoms with van der Waals surface area (Å²) in [5.41, 5.74) is 6.88. The van der Waals surface area contributed by atoms with Crippen LogP contribution in [0.25, 0.3) is 0 Å². The molecule has 7 nitrogen and oxygen atoms in total. The summed E-state index contributed by atoms with van der Waals surface area (Å²) in [6.07, 6.45) is 1.90. The summed E-state index contributed by atoms with van der Waals surface area (Å²) in [6, 6.07) is 16.2. The number of halogens is 1. The van der Waals surface area contributed by atoms with Gasteiger partial charge in [-0.2, -0.15) is 0 Å². The van der Waals surface area contributed by atoms with Crippen molar-refractivity contribution in [3.8, 4) is 0 Å². The second kappa shape index (κ2) is 12.8. The summed E-state index contributed by atoms with van der Waals surface area (Å²) in [5.74, 6) is -0.880. The van der Waals surface area contributed by atoms with Crippen molar-refractivity contribution in [2.24, 2.45) is 11.7 Å². The number of primary amides is 1. The highest BCUT2D eigenvalue weighted by atomic mass is 19.1. The van der Waals surface area contributed by atoms with Crippen molar-refractivity contribution in [3.63, 3.8) is 0 Å². The molecule has 182 valence electrons. The van der Waals surface area contributed by atoms with Crippen molar-refractivity contribution in [2.75, 3.05) is 32.7 Å². The van der Waals surface area contributed by atoms with E-state index in [2.05, 4.69) is 5.32 Å². The molecule has 0 spiro atoms. The van der Waals surface area contributed by atoms with Gasteiger partial charge in [0.2, 0.25) is 17.7 Å². The van der Waals surface area contributed by atoms with Gasteiger partial charge in [0.25, 0.3) is 0 Å². The smallest absolute Gasteiger partial charge is 0.237 e. The molecule has 2 aromatic rings. The second-order valence-corrected chi connectivity index (χ2v) is 8.70. The Hall–Kier alpha value is -3.26. The standard InChI is InChI=1S/C26H33FN4O3/c27-23-9-5-4-8-21(23)10-14-29-26(34)22-11-15-30(16-12-22)19-25(33)31(17-13-24(28)32)18-20-6-2-1-3-7-20/h1-9,22H,10-19H2,(H2,28,32)(H,29,34). The topological polar surface area (TPSA) is 95.7 Å². The second-order valence-electron chi connectivity index (χ2n) is 8.70. The zero-order valence-electron chi connectivity index (χ0n) is 19.4. The fourth-order valence-corrected chi connectivity index (χ4v) is 4.15. The Labute approximate surface area is 200 Å². The lowest BCUT2D eigenvalue weighted by molar-refractivity contribution is -0.134. The van der Waals surface area contributed by atoms with Crippen molar-refractivity contribution >= 4 is 17.7 Å². The molecule has 2 aromatic carbocycles. The molecule has 0 unspecified atom stereocenters. The highest BCUT2D eigenvalue weighted by molar-refractivity contribution is 5.80. The summed E-state index contributed by atoms with van der Waals surface area (Å²) >= 11 is 0. The van der Waals surface area contributed by atoms with Crippen LogP contribution in [0.3, 0.4) is 0 Å². The largest absolute Gasteiger partial charge is 0.370 e. The molecule has 1 aliphatic rings. The number of hydrogen-bond acceptors (Lipinski definition) is 4. The zero-order valence-corrected chi connectivity index (χ0v) is 19.4. The molecule has 1 fully saturated rings. The first kappa shape index (κ1) is 25.4. The van der Waals surface area contributed by atoms with E-state index in [4.69, 9.17) is 5.73 Å². The number of nitrogens with two attached hydrogens (primary N) is 1. The number of benzene rings is 2. The van der Waals surface area contributed by atoms with Gasteiger partial charge in [-0.3, -0.25) is 19.3 Å². The van der Waals surface area contributed by atoms with Crippen LogP contribution >= 0.6 is 0 Å². The van der Waals surface area contributed by atoms with Gasteiger partial charge in [0.15, 0.2) is 0 Å². The quantitative estimate of drug-likeness (QED) is 0.528. The molecule has 0 aliphatic carbocycles. The number of carbonyl (C=O) groups is 3. The first-order chi connectivity index (χ1) is 16.4. The number of amides is 3. The molecule has 0 saturated carbocycles. The van der Waals surface area contributed by atoms with Crippen LogP contribution in [0.2, 0.25) is 0 Å². The number of likely N-dealkylation sites (tertiary alicyclic amines) is 1. The van der Waals surface area contributed by atoms with Crippen molar-refractivity contribution < 1.29 is 18.8 Å². The third-order valence-corrected chi connectivity index (χ3v) is 6.17. The van der Waals surface area contributed by atoms with Gasteiger partial charge in [0, 0.05) is 32.0 Å². The van der Waals surface area contributed by atoms with Crippen molar-refractivity contribution in [2.45, 2.75) is 32.2 Å². The van der Waals surface area contributed by atoms with E-state index in [1.807, 2.05) is 35.2 Å². The molecule has 0 bridgehead atoms. The van der Waals surface area contributed by atoms with Gasteiger partial charge in [0.05, 0.1) is 6.54 Å². The molecule has 0 aromatic heterocycles. The van der Waals surface area contributed by atoms with E-state index in [0.717, 1.165) is 5.56 Å². The summed E-state index contributed by atoms with van der Waals surface area (Å²) in [5, 5.41) is 2.91. The lowest BCUT2D eigenvalue weighted by Crippen LogP contribution is -2.46. The van der Waals surface area contributed by atoms with E-state index in [1.54, 1.807) is 23.1 Å². The van der Waals surface area contributed by atoms with Gasteiger partial charge in [-0.05, 0) is 49.5 Å². The molecule has 8 heteroatoms. The summed E-state index contributed by atoms with van der Waals surface area (Å²) in [6.45, 7) is 2.63. The Morgan fingerprint density at radius 3 is 2.38 bits per heavy atom. The van der Waals surface area contributed by atoms with Crippen LogP contribution in [0, 0.1) is 11.7 Å². The Balaban J connectivity index is 1.43. The van der Waals surface area contributed by atoms with Crippen molar-refractivity contribution in [1.29, 1.82) is 0 Å². The van der Waals surface area contributed by atoms with Crippen LogP contribution < -0.4 is 11.1 Å². The SMILES string of the molecule is NC(=O)CCN(Cc1ccccc1)C(=O)CN1CCC(C(=O)NCCc2ccccc2F)CC1. The first-order valence-electron chi connectivity index (χ1n) is 11.8. The van der Waals surface area contributed by atoms with Crippen LogP contribution in [0.15, 0.2) is 54.6 Å². The molecular weight excluding hydrogens is 435 g/mol. The van der Waals surface area contributed by atoms with Gasteiger partial charge in [-0.25, -0.2) is 4.39 Å². The highest BCUT2D eigenvalue weighted by Gasteiger charge is 2.27. The van der Waals surface area contributed by atoms with Crippen LogP contribution in [-0.4, -0.2) is 60.2 Å². The number of nitrogens with zero attached hydrogens (tertiary/aromatic N) is 2. The number of rotatable bonds is 11. The molecule has 3 rings (SSSR count). The van der Waals surface area contributed by atoms with Gasteiger partial charge in [-0.15, -0.1) is 0 Å². The minimum Gasteiger partial charge on any atom is -0.370 e. The molecular formula is C26H33FN4O3. The monoisotopic (exact) mass is 468 g/mol. The fourth-order valence-electron chi connectivity index (χ4n) is 4.15. The fraction of sp³-hybridized carbons (Fsp3) is 0.423. The highest BCUT2D eigenvalue weighted by Crippen LogP contribution is 2.18. The molecule has 0 atom stereocenters. The molecule has 1 aliphatic heterocycles. The molecule has 34 heavy (non-hydrogen) atoms. The normalized spacial score (nSPS) is 14.5. The minimum absolute atomic E-state index is 0.0190. The van der Waals surface area contributed by atoms with E-state index in [-0.39, 0.29) is 43.1 Å². The van der Waals surface area contributed by atoms with Crippen LogP contribution in [0.5, 0.6) is 0 Å². The molecule has 1 saturated heterocycles. The lowest BCUT2D eigenvalue weighted by atomic mass is 9.95. The number of piperidine rings is 1. The van der Waals surface area contributed by atoms with Crippen LogP contribution in [-0.2, 0) is 27.3 Å². The Bertz CT molecular complexity index is 962. The van der Waals surface area contributed by atoms with E-state index in [1.165, 1.54) is 6.07 Å². The number of hydrogen-bond donors (Lipinski definition) is 2. The third-order valence-electron chi connectivity index (χ3n) is 6.17. The Kier molecular flexibility index (Phi) is 9.58. The molecule has 3 amide bonds.